The monoisotopic (exact) mass is 374 g/mol. The lowest BCUT2D eigenvalue weighted by molar-refractivity contribution is 0.222. The lowest BCUT2D eigenvalue weighted by Crippen LogP contribution is -2.30. The van der Waals surface area contributed by atoms with E-state index in [2.05, 4.69) is 31.0 Å². The zero-order chi connectivity index (χ0) is 19.2. The van der Waals surface area contributed by atoms with E-state index in [1.807, 2.05) is 36.4 Å². The number of hydrogen-bond acceptors (Lipinski definition) is 7. The van der Waals surface area contributed by atoms with Crippen molar-refractivity contribution in [2.24, 2.45) is 0 Å². The Morgan fingerprint density at radius 2 is 1.79 bits per heavy atom. The summed E-state index contributed by atoms with van der Waals surface area (Å²) in [5.41, 5.74) is 2.81. The molecule has 1 aromatic carbocycles. The molecule has 0 unspecified atom stereocenters. The molecule has 1 fully saturated rings. The van der Waals surface area contributed by atoms with Crippen molar-refractivity contribution in [3.8, 4) is 17.5 Å². The Balaban J connectivity index is 1.32. The normalized spacial score (nSPS) is 15.8. The lowest BCUT2D eigenvalue weighted by atomic mass is 10.1. The first-order valence-corrected chi connectivity index (χ1v) is 9.47. The van der Waals surface area contributed by atoms with E-state index in [0.29, 0.717) is 23.8 Å². The van der Waals surface area contributed by atoms with Gasteiger partial charge in [0.1, 0.15) is 0 Å². The van der Waals surface area contributed by atoms with Crippen molar-refractivity contribution in [2.45, 2.75) is 19.5 Å². The van der Waals surface area contributed by atoms with E-state index in [1.165, 1.54) is 5.56 Å². The van der Waals surface area contributed by atoms with Gasteiger partial charge in [-0.3, -0.25) is 14.8 Å². The minimum atomic E-state index is 0.584. The average Bonchev–Trinajstić information content (AvgIpc) is 3.10. The first-order chi connectivity index (χ1) is 13.8. The SMILES string of the molecule is N#Cc1ccc(CN2CCCN(Cc3nc(-c4cccnc4)no3)CC2)cc1. The molecule has 0 bridgehead atoms. The van der Waals surface area contributed by atoms with Gasteiger partial charge in [-0.05, 0) is 49.3 Å². The molecule has 0 N–H and O–H groups in total. The van der Waals surface area contributed by atoms with Crippen molar-refractivity contribution >= 4 is 0 Å². The number of benzene rings is 1. The van der Waals surface area contributed by atoms with Crippen LogP contribution in [0.3, 0.4) is 0 Å². The standard InChI is InChI=1S/C21H22N6O/c22-13-17-4-6-18(7-5-17)15-26-9-2-10-27(12-11-26)16-20-24-21(25-28-20)19-3-1-8-23-14-19/h1,3-8,14H,2,9-12,15-16H2. The number of aromatic nitrogens is 3. The van der Waals surface area contributed by atoms with E-state index in [9.17, 15) is 0 Å². The van der Waals surface area contributed by atoms with Crippen LogP contribution < -0.4 is 0 Å². The van der Waals surface area contributed by atoms with E-state index in [0.717, 1.165) is 44.7 Å². The summed E-state index contributed by atoms with van der Waals surface area (Å²) >= 11 is 0. The van der Waals surface area contributed by atoms with Crippen molar-refractivity contribution in [3.63, 3.8) is 0 Å². The maximum atomic E-state index is 8.92. The molecule has 0 aliphatic carbocycles. The van der Waals surface area contributed by atoms with Gasteiger partial charge in [-0.25, -0.2) is 0 Å². The Kier molecular flexibility index (Phi) is 5.71. The fraction of sp³-hybridized carbons (Fsp3) is 0.333. The Hall–Kier alpha value is -3.08. The van der Waals surface area contributed by atoms with Crippen LogP contribution >= 0.6 is 0 Å². The molecule has 0 amide bonds. The van der Waals surface area contributed by atoms with Gasteiger partial charge in [0.15, 0.2) is 0 Å². The largest absolute Gasteiger partial charge is 0.338 e. The molecule has 0 radical (unpaired) electrons. The second-order valence-corrected chi connectivity index (χ2v) is 6.97. The van der Waals surface area contributed by atoms with Crippen LogP contribution in [0.4, 0.5) is 0 Å². The maximum Gasteiger partial charge on any atom is 0.241 e. The first-order valence-electron chi connectivity index (χ1n) is 9.47. The summed E-state index contributed by atoms with van der Waals surface area (Å²) in [4.78, 5) is 13.4. The molecular weight excluding hydrogens is 352 g/mol. The first kappa shape index (κ1) is 18.3. The van der Waals surface area contributed by atoms with Crippen LogP contribution in [0.1, 0.15) is 23.4 Å². The highest BCUT2D eigenvalue weighted by Crippen LogP contribution is 2.16. The van der Waals surface area contributed by atoms with Crippen LogP contribution in [0, 0.1) is 11.3 Å². The van der Waals surface area contributed by atoms with Crippen molar-refractivity contribution in [3.05, 3.63) is 65.8 Å². The molecule has 1 aliphatic heterocycles. The smallest absolute Gasteiger partial charge is 0.241 e. The molecule has 0 saturated carbocycles. The quantitative estimate of drug-likeness (QED) is 0.679. The Bertz CT molecular complexity index is 932. The molecule has 1 saturated heterocycles. The van der Waals surface area contributed by atoms with Gasteiger partial charge < -0.3 is 4.52 Å². The van der Waals surface area contributed by atoms with Crippen LogP contribution in [0.5, 0.6) is 0 Å². The summed E-state index contributed by atoms with van der Waals surface area (Å²) in [6.45, 7) is 5.59. The van der Waals surface area contributed by atoms with Crippen LogP contribution in [0.15, 0.2) is 53.3 Å². The number of pyridine rings is 1. The van der Waals surface area contributed by atoms with E-state index < -0.39 is 0 Å². The molecule has 7 heteroatoms. The van der Waals surface area contributed by atoms with Gasteiger partial charge in [-0.1, -0.05) is 17.3 Å². The summed E-state index contributed by atoms with van der Waals surface area (Å²) < 4.78 is 5.44. The Morgan fingerprint density at radius 1 is 1.00 bits per heavy atom. The van der Waals surface area contributed by atoms with Crippen LogP contribution in [-0.4, -0.2) is 51.1 Å². The third-order valence-electron chi connectivity index (χ3n) is 4.92. The van der Waals surface area contributed by atoms with Crippen LogP contribution in [0.2, 0.25) is 0 Å². The highest BCUT2D eigenvalue weighted by Gasteiger charge is 2.18. The summed E-state index contributed by atoms with van der Waals surface area (Å²) in [5.74, 6) is 1.22. The van der Waals surface area contributed by atoms with Crippen molar-refractivity contribution in [1.82, 2.24) is 24.9 Å². The highest BCUT2D eigenvalue weighted by molar-refractivity contribution is 5.51. The number of nitrogens with zero attached hydrogens (tertiary/aromatic N) is 6. The molecule has 0 atom stereocenters. The topological polar surface area (TPSA) is 82.1 Å². The molecule has 28 heavy (non-hydrogen) atoms. The lowest BCUT2D eigenvalue weighted by Gasteiger charge is -2.21. The summed E-state index contributed by atoms with van der Waals surface area (Å²) in [6, 6.07) is 13.8. The fourth-order valence-corrected chi connectivity index (χ4v) is 3.41. The van der Waals surface area contributed by atoms with Gasteiger partial charge in [-0.2, -0.15) is 10.2 Å². The van der Waals surface area contributed by atoms with Gasteiger partial charge in [0.2, 0.25) is 11.7 Å². The Morgan fingerprint density at radius 3 is 2.50 bits per heavy atom. The van der Waals surface area contributed by atoms with E-state index in [-0.39, 0.29) is 0 Å². The minimum Gasteiger partial charge on any atom is -0.338 e. The fourth-order valence-electron chi connectivity index (χ4n) is 3.41. The zero-order valence-electron chi connectivity index (χ0n) is 15.7. The zero-order valence-corrected chi connectivity index (χ0v) is 15.7. The number of rotatable bonds is 5. The van der Waals surface area contributed by atoms with Crippen molar-refractivity contribution < 1.29 is 4.52 Å². The third-order valence-corrected chi connectivity index (χ3v) is 4.92. The third kappa shape index (κ3) is 4.60. The van der Waals surface area contributed by atoms with Gasteiger partial charge in [0, 0.05) is 37.6 Å². The predicted octanol–water partition coefficient (Wildman–Crippen LogP) is 2.71. The van der Waals surface area contributed by atoms with Crippen molar-refractivity contribution in [2.75, 3.05) is 26.2 Å². The van der Waals surface area contributed by atoms with Gasteiger partial charge in [0.25, 0.3) is 0 Å². The second kappa shape index (κ2) is 8.74. The molecule has 2 aromatic heterocycles. The second-order valence-electron chi connectivity index (χ2n) is 6.97. The number of nitriles is 1. The molecule has 7 nitrogen and oxygen atoms in total. The molecule has 1 aliphatic rings. The molecular formula is C21H22N6O. The number of hydrogen-bond donors (Lipinski definition) is 0. The van der Waals surface area contributed by atoms with E-state index >= 15 is 0 Å². The molecule has 3 aromatic rings. The Labute approximate surface area is 164 Å². The summed E-state index contributed by atoms with van der Waals surface area (Å²) in [7, 11) is 0. The van der Waals surface area contributed by atoms with Gasteiger partial charge >= 0.3 is 0 Å². The average molecular weight is 374 g/mol. The van der Waals surface area contributed by atoms with Crippen LogP contribution in [0.25, 0.3) is 11.4 Å². The molecule has 3 heterocycles. The highest BCUT2D eigenvalue weighted by atomic mass is 16.5. The molecule has 142 valence electrons. The van der Waals surface area contributed by atoms with Crippen molar-refractivity contribution in [1.29, 1.82) is 5.26 Å². The molecule has 4 rings (SSSR count). The molecule has 0 spiro atoms. The predicted molar refractivity (Wildman–Crippen MR) is 104 cm³/mol. The van der Waals surface area contributed by atoms with Gasteiger partial charge in [0.05, 0.1) is 18.2 Å². The summed E-state index contributed by atoms with van der Waals surface area (Å²) in [6.07, 6.45) is 4.56. The van der Waals surface area contributed by atoms with E-state index in [4.69, 9.17) is 9.78 Å². The van der Waals surface area contributed by atoms with Crippen LogP contribution in [-0.2, 0) is 13.1 Å². The minimum absolute atomic E-state index is 0.584. The summed E-state index contributed by atoms with van der Waals surface area (Å²) in [5, 5.41) is 13.0. The van der Waals surface area contributed by atoms with E-state index in [1.54, 1.807) is 12.4 Å². The van der Waals surface area contributed by atoms with Gasteiger partial charge in [-0.15, -0.1) is 0 Å². The maximum absolute atomic E-state index is 8.92.